The molecule has 0 radical (unpaired) electrons. The second kappa shape index (κ2) is 4.91. The molecular formula is C15H22F2. The maximum Gasteiger partial charge on any atom is 0.171 e. The van der Waals surface area contributed by atoms with Crippen molar-refractivity contribution in [2.45, 2.75) is 64.0 Å². The van der Waals surface area contributed by atoms with Gasteiger partial charge in [0.1, 0.15) is 5.83 Å². The number of alkyl halides is 1. The molecule has 0 amide bonds. The summed E-state index contributed by atoms with van der Waals surface area (Å²) in [5, 5.41) is 0. The molecule has 2 aliphatic rings. The van der Waals surface area contributed by atoms with E-state index in [0.717, 1.165) is 38.5 Å². The van der Waals surface area contributed by atoms with E-state index in [9.17, 15) is 4.39 Å². The maximum atomic E-state index is 15.2. The highest BCUT2D eigenvalue weighted by atomic mass is 19.2. The van der Waals surface area contributed by atoms with Crippen molar-refractivity contribution in [1.29, 1.82) is 0 Å². The Hall–Kier alpha value is -0.660. The van der Waals surface area contributed by atoms with Crippen molar-refractivity contribution in [3.8, 4) is 0 Å². The predicted molar refractivity (Wildman–Crippen MR) is 67.2 cm³/mol. The normalized spacial score (nSPS) is 32.3. The largest absolute Gasteiger partial charge is 0.235 e. The van der Waals surface area contributed by atoms with E-state index < -0.39 is 16.9 Å². The van der Waals surface area contributed by atoms with Crippen LogP contribution in [0, 0.1) is 5.41 Å². The Balaban J connectivity index is 2.31. The zero-order valence-corrected chi connectivity index (χ0v) is 10.6. The summed E-state index contributed by atoms with van der Waals surface area (Å²) in [6, 6.07) is 0. The predicted octanol–water partition coefficient (Wildman–Crippen LogP) is 5.26. The SMILES string of the molecule is CCCC1(C2(F)CC=CC=C2F)CCCCC1. The summed E-state index contributed by atoms with van der Waals surface area (Å²) in [4.78, 5) is 0. The Labute approximate surface area is 103 Å². The Kier molecular flexibility index (Phi) is 3.70. The second-order valence-corrected chi connectivity index (χ2v) is 5.54. The van der Waals surface area contributed by atoms with E-state index in [1.807, 2.05) is 0 Å². The van der Waals surface area contributed by atoms with Crippen LogP contribution >= 0.6 is 0 Å². The third-order valence-electron chi connectivity index (χ3n) is 4.54. The smallest absolute Gasteiger partial charge is 0.171 e. The van der Waals surface area contributed by atoms with Gasteiger partial charge < -0.3 is 0 Å². The summed E-state index contributed by atoms with van der Waals surface area (Å²) in [5.74, 6) is -0.546. The number of hydrogen-bond acceptors (Lipinski definition) is 0. The number of halogens is 2. The fourth-order valence-electron chi connectivity index (χ4n) is 3.63. The molecule has 0 aromatic heterocycles. The van der Waals surface area contributed by atoms with Gasteiger partial charge >= 0.3 is 0 Å². The fraction of sp³-hybridized carbons (Fsp3) is 0.733. The molecule has 0 heterocycles. The van der Waals surface area contributed by atoms with Crippen LogP contribution in [0.25, 0.3) is 0 Å². The van der Waals surface area contributed by atoms with Crippen LogP contribution in [0.1, 0.15) is 58.3 Å². The summed E-state index contributed by atoms with van der Waals surface area (Å²) >= 11 is 0. The van der Waals surface area contributed by atoms with Crippen molar-refractivity contribution in [3.05, 3.63) is 24.1 Å². The second-order valence-electron chi connectivity index (χ2n) is 5.54. The van der Waals surface area contributed by atoms with Gasteiger partial charge in [0.15, 0.2) is 5.67 Å². The summed E-state index contributed by atoms with van der Waals surface area (Å²) in [6.45, 7) is 2.07. The fourth-order valence-corrected chi connectivity index (χ4v) is 3.63. The van der Waals surface area contributed by atoms with Gasteiger partial charge in [0.25, 0.3) is 0 Å². The molecule has 2 heteroatoms. The van der Waals surface area contributed by atoms with Crippen molar-refractivity contribution < 1.29 is 8.78 Å². The molecule has 0 bridgehead atoms. The molecule has 1 unspecified atom stereocenters. The molecule has 2 rings (SSSR count). The van der Waals surface area contributed by atoms with Gasteiger partial charge in [-0.05, 0) is 25.3 Å². The lowest BCUT2D eigenvalue weighted by atomic mass is 9.60. The van der Waals surface area contributed by atoms with Crippen molar-refractivity contribution in [2.24, 2.45) is 5.41 Å². The molecule has 0 N–H and O–H groups in total. The van der Waals surface area contributed by atoms with E-state index in [2.05, 4.69) is 6.92 Å². The molecule has 0 nitrogen and oxygen atoms in total. The molecular weight excluding hydrogens is 218 g/mol. The van der Waals surface area contributed by atoms with Crippen LogP contribution in [-0.2, 0) is 0 Å². The van der Waals surface area contributed by atoms with Crippen molar-refractivity contribution in [2.75, 3.05) is 0 Å². The van der Waals surface area contributed by atoms with Crippen molar-refractivity contribution >= 4 is 0 Å². The molecule has 0 saturated heterocycles. The first-order valence-electron chi connectivity index (χ1n) is 6.86. The van der Waals surface area contributed by atoms with E-state index >= 15 is 4.39 Å². The third kappa shape index (κ3) is 2.07. The lowest BCUT2D eigenvalue weighted by Crippen LogP contribution is -2.47. The minimum absolute atomic E-state index is 0.218. The summed E-state index contributed by atoms with van der Waals surface area (Å²) in [6.07, 6.45) is 11.6. The first-order chi connectivity index (χ1) is 8.15. The topological polar surface area (TPSA) is 0 Å². The van der Waals surface area contributed by atoms with Crippen LogP contribution in [0.15, 0.2) is 24.1 Å². The summed E-state index contributed by atoms with van der Waals surface area (Å²) in [7, 11) is 0. The molecule has 17 heavy (non-hydrogen) atoms. The Morgan fingerprint density at radius 1 is 1.24 bits per heavy atom. The highest BCUT2D eigenvalue weighted by molar-refractivity contribution is 5.28. The molecule has 1 fully saturated rings. The average Bonchev–Trinajstić information content (AvgIpc) is 2.34. The molecule has 0 aromatic rings. The molecule has 0 aromatic carbocycles. The van der Waals surface area contributed by atoms with Crippen LogP contribution in [0.4, 0.5) is 8.78 Å². The van der Waals surface area contributed by atoms with E-state index in [4.69, 9.17) is 0 Å². The molecule has 96 valence electrons. The number of hydrogen-bond donors (Lipinski definition) is 0. The summed E-state index contributed by atoms with van der Waals surface area (Å²) < 4.78 is 29.2. The van der Waals surface area contributed by atoms with Crippen LogP contribution in [0.5, 0.6) is 0 Å². The highest BCUT2D eigenvalue weighted by Crippen LogP contribution is 2.56. The first kappa shape index (κ1) is 12.8. The quantitative estimate of drug-likeness (QED) is 0.631. The Bertz CT molecular complexity index is 318. The van der Waals surface area contributed by atoms with Gasteiger partial charge in [0.2, 0.25) is 0 Å². The zero-order chi connectivity index (χ0) is 12.4. The molecule has 2 aliphatic carbocycles. The molecule has 0 aliphatic heterocycles. The zero-order valence-electron chi connectivity index (χ0n) is 10.6. The minimum atomic E-state index is -1.74. The minimum Gasteiger partial charge on any atom is -0.235 e. The van der Waals surface area contributed by atoms with Gasteiger partial charge in [-0.2, -0.15) is 0 Å². The van der Waals surface area contributed by atoms with Gasteiger partial charge in [0, 0.05) is 11.8 Å². The van der Waals surface area contributed by atoms with Crippen LogP contribution in [0.2, 0.25) is 0 Å². The first-order valence-corrected chi connectivity index (χ1v) is 6.86. The molecule has 1 saturated carbocycles. The maximum absolute atomic E-state index is 15.2. The van der Waals surface area contributed by atoms with Gasteiger partial charge in [0.05, 0.1) is 0 Å². The monoisotopic (exact) mass is 240 g/mol. The van der Waals surface area contributed by atoms with Crippen molar-refractivity contribution in [3.63, 3.8) is 0 Å². The lowest BCUT2D eigenvalue weighted by molar-refractivity contribution is -0.0311. The van der Waals surface area contributed by atoms with Gasteiger partial charge in [-0.25, -0.2) is 8.78 Å². The van der Waals surface area contributed by atoms with Crippen LogP contribution < -0.4 is 0 Å². The van der Waals surface area contributed by atoms with Crippen LogP contribution in [-0.4, -0.2) is 5.67 Å². The number of allylic oxidation sites excluding steroid dienone is 4. The van der Waals surface area contributed by atoms with Gasteiger partial charge in [-0.15, -0.1) is 0 Å². The van der Waals surface area contributed by atoms with Crippen LogP contribution in [0.3, 0.4) is 0 Å². The highest BCUT2D eigenvalue weighted by Gasteiger charge is 2.54. The van der Waals surface area contributed by atoms with E-state index in [1.165, 1.54) is 12.5 Å². The summed E-state index contributed by atoms with van der Waals surface area (Å²) in [5.41, 5.74) is -2.19. The van der Waals surface area contributed by atoms with E-state index in [-0.39, 0.29) is 6.42 Å². The standard InChI is InChI=1S/C15H22F2/c1-2-9-14(10-5-3-6-11-14)15(17)12-7-4-8-13(15)16/h4,7-8H,2-3,5-6,9-12H2,1H3. The molecule has 1 atom stereocenters. The van der Waals surface area contributed by atoms with E-state index in [1.54, 1.807) is 12.2 Å². The lowest BCUT2D eigenvalue weighted by Gasteiger charge is -2.47. The molecule has 0 spiro atoms. The average molecular weight is 240 g/mol. The van der Waals surface area contributed by atoms with Crippen molar-refractivity contribution in [1.82, 2.24) is 0 Å². The van der Waals surface area contributed by atoms with Gasteiger partial charge in [-0.3, -0.25) is 0 Å². The van der Waals surface area contributed by atoms with E-state index in [0.29, 0.717) is 0 Å². The Morgan fingerprint density at radius 2 is 1.94 bits per heavy atom. The van der Waals surface area contributed by atoms with Gasteiger partial charge in [-0.1, -0.05) is 44.8 Å². The third-order valence-corrected chi connectivity index (χ3v) is 4.54. The Morgan fingerprint density at radius 3 is 2.53 bits per heavy atom. The number of rotatable bonds is 3.